The van der Waals surface area contributed by atoms with E-state index in [1.165, 1.54) is 19.3 Å². The maximum atomic E-state index is 12.5. The van der Waals surface area contributed by atoms with Gasteiger partial charge in [0.15, 0.2) is 0 Å². The van der Waals surface area contributed by atoms with E-state index in [1.54, 1.807) is 0 Å². The summed E-state index contributed by atoms with van der Waals surface area (Å²) in [6.45, 7) is 5.24. The first kappa shape index (κ1) is 13.3. The summed E-state index contributed by atoms with van der Waals surface area (Å²) in [7, 11) is 0. The molecule has 1 heterocycles. The summed E-state index contributed by atoms with van der Waals surface area (Å²) in [5.74, 6) is 2.85. The summed E-state index contributed by atoms with van der Waals surface area (Å²) >= 11 is 0. The molecule has 0 radical (unpaired) electrons. The molecule has 5 atom stereocenters. The average Bonchev–Trinajstić information content (AvgIpc) is 2.98. The molecule has 3 fully saturated rings. The van der Waals surface area contributed by atoms with E-state index in [2.05, 4.69) is 17.1 Å². The number of aryl methyl sites for hydroxylation is 1. The molecule has 0 spiro atoms. The molecule has 1 N–H and O–H groups in total. The molecule has 1 aliphatic heterocycles. The van der Waals surface area contributed by atoms with Gasteiger partial charge < -0.3 is 5.32 Å². The van der Waals surface area contributed by atoms with Gasteiger partial charge in [-0.15, -0.1) is 0 Å². The molecule has 1 saturated heterocycles. The van der Waals surface area contributed by atoms with Gasteiger partial charge in [0.2, 0.25) is 5.91 Å². The minimum atomic E-state index is -0.00907. The maximum Gasteiger partial charge on any atom is 0.241 e. The molecule has 1 aromatic rings. The van der Waals surface area contributed by atoms with Crippen molar-refractivity contribution in [1.29, 1.82) is 0 Å². The smallest absolute Gasteiger partial charge is 0.241 e. The second kappa shape index (κ2) is 4.84. The fourth-order valence-corrected chi connectivity index (χ4v) is 4.90. The Bertz CT molecular complexity index is 568. The molecule has 21 heavy (non-hydrogen) atoms. The van der Waals surface area contributed by atoms with E-state index in [0.29, 0.717) is 6.04 Å². The standard InChI is InChI=1S/C18H24N2O/c1-11-5-3-4-6-16(11)19-18(21)12(2)20-10-15-13-7-8-14(9-13)17(15)20/h3-6,12-15,17H,7-10H2,1-2H3,(H,19,21). The molecule has 2 aliphatic carbocycles. The zero-order chi connectivity index (χ0) is 14.6. The summed E-state index contributed by atoms with van der Waals surface area (Å²) in [6.07, 6.45) is 4.23. The van der Waals surface area contributed by atoms with Crippen LogP contribution in [-0.2, 0) is 4.79 Å². The Morgan fingerprint density at radius 1 is 1.29 bits per heavy atom. The van der Waals surface area contributed by atoms with Crippen LogP contribution in [0.3, 0.4) is 0 Å². The predicted octanol–water partition coefficient (Wildman–Crippen LogP) is 3.05. The molecule has 1 amide bonds. The zero-order valence-corrected chi connectivity index (χ0v) is 12.9. The monoisotopic (exact) mass is 284 g/mol. The minimum Gasteiger partial charge on any atom is -0.324 e. The first-order chi connectivity index (χ1) is 10.1. The number of nitrogens with one attached hydrogen (secondary N) is 1. The largest absolute Gasteiger partial charge is 0.324 e. The summed E-state index contributed by atoms with van der Waals surface area (Å²) in [4.78, 5) is 15.0. The number of anilines is 1. The maximum absolute atomic E-state index is 12.5. The van der Waals surface area contributed by atoms with Crippen LogP contribution in [0.1, 0.15) is 31.7 Å². The zero-order valence-electron chi connectivity index (χ0n) is 12.9. The lowest BCUT2D eigenvalue weighted by Crippen LogP contribution is -2.63. The first-order valence-electron chi connectivity index (χ1n) is 8.27. The Kier molecular flexibility index (Phi) is 3.07. The molecular weight excluding hydrogens is 260 g/mol. The average molecular weight is 284 g/mol. The van der Waals surface area contributed by atoms with E-state index in [0.717, 1.165) is 35.5 Å². The van der Waals surface area contributed by atoms with Crippen LogP contribution in [0.5, 0.6) is 0 Å². The van der Waals surface area contributed by atoms with Crippen LogP contribution >= 0.6 is 0 Å². The highest BCUT2D eigenvalue weighted by atomic mass is 16.2. The number of nitrogens with zero attached hydrogens (tertiary/aromatic N) is 1. The van der Waals surface area contributed by atoms with E-state index in [1.807, 2.05) is 31.2 Å². The van der Waals surface area contributed by atoms with Crippen LogP contribution in [0.4, 0.5) is 5.69 Å². The van der Waals surface area contributed by atoms with Crippen LogP contribution in [0.2, 0.25) is 0 Å². The number of amides is 1. The Balaban J connectivity index is 1.43. The summed E-state index contributed by atoms with van der Waals surface area (Å²) in [6, 6.07) is 8.69. The highest BCUT2D eigenvalue weighted by Crippen LogP contribution is 2.56. The topological polar surface area (TPSA) is 32.3 Å². The second-order valence-corrected chi connectivity index (χ2v) is 7.16. The van der Waals surface area contributed by atoms with Gasteiger partial charge in [-0.05, 0) is 62.5 Å². The van der Waals surface area contributed by atoms with Gasteiger partial charge >= 0.3 is 0 Å². The molecule has 112 valence electrons. The number of rotatable bonds is 3. The van der Waals surface area contributed by atoms with Gasteiger partial charge in [-0.3, -0.25) is 9.69 Å². The van der Waals surface area contributed by atoms with Crippen molar-refractivity contribution in [2.45, 2.75) is 45.2 Å². The molecule has 3 nitrogen and oxygen atoms in total. The van der Waals surface area contributed by atoms with E-state index >= 15 is 0 Å². The number of benzene rings is 1. The summed E-state index contributed by atoms with van der Waals surface area (Å²) < 4.78 is 0. The number of para-hydroxylation sites is 1. The fraction of sp³-hybridized carbons (Fsp3) is 0.611. The fourth-order valence-electron chi connectivity index (χ4n) is 4.90. The van der Waals surface area contributed by atoms with Gasteiger partial charge in [-0.2, -0.15) is 0 Å². The lowest BCUT2D eigenvalue weighted by Gasteiger charge is -2.52. The van der Waals surface area contributed by atoms with Gasteiger partial charge in [0, 0.05) is 18.3 Å². The Morgan fingerprint density at radius 3 is 2.81 bits per heavy atom. The van der Waals surface area contributed by atoms with Crippen molar-refractivity contribution >= 4 is 11.6 Å². The molecule has 5 unspecified atom stereocenters. The number of likely N-dealkylation sites (tertiary alicyclic amines) is 1. The first-order valence-corrected chi connectivity index (χ1v) is 8.27. The van der Waals surface area contributed by atoms with Gasteiger partial charge in [0.05, 0.1) is 6.04 Å². The van der Waals surface area contributed by atoms with Crippen molar-refractivity contribution < 1.29 is 4.79 Å². The van der Waals surface area contributed by atoms with Gasteiger partial charge in [0.1, 0.15) is 0 Å². The number of carbonyl (C=O) groups excluding carboxylic acids is 1. The Hall–Kier alpha value is -1.35. The van der Waals surface area contributed by atoms with Crippen molar-refractivity contribution in [3.8, 4) is 0 Å². The van der Waals surface area contributed by atoms with Crippen molar-refractivity contribution in [2.24, 2.45) is 17.8 Å². The molecule has 2 bridgehead atoms. The quantitative estimate of drug-likeness (QED) is 0.925. The summed E-state index contributed by atoms with van der Waals surface area (Å²) in [5, 5.41) is 3.10. The van der Waals surface area contributed by atoms with Crippen molar-refractivity contribution in [2.75, 3.05) is 11.9 Å². The lowest BCUT2D eigenvalue weighted by atomic mass is 9.76. The molecule has 2 saturated carbocycles. The van der Waals surface area contributed by atoms with Crippen molar-refractivity contribution in [3.05, 3.63) is 29.8 Å². The number of carbonyl (C=O) groups is 1. The normalized spacial score (nSPS) is 35.1. The third kappa shape index (κ3) is 2.02. The van der Waals surface area contributed by atoms with E-state index < -0.39 is 0 Å². The van der Waals surface area contributed by atoms with E-state index in [4.69, 9.17) is 0 Å². The third-order valence-electron chi connectivity index (χ3n) is 6.13. The Labute approximate surface area is 126 Å². The van der Waals surface area contributed by atoms with Crippen LogP contribution in [0.25, 0.3) is 0 Å². The number of hydrogen-bond donors (Lipinski definition) is 1. The Morgan fingerprint density at radius 2 is 2.05 bits per heavy atom. The van der Waals surface area contributed by atoms with Gasteiger partial charge in [-0.25, -0.2) is 0 Å². The van der Waals surface area contributed by atoms with Crippen molar-refractivity contribution in [1.82, 2.24) is 4.90 Å². The molecule has 4 rings (SSSR count). The summed E-state index contributed by atoms with van der Waals surface area (Å²) in [5.41, 5.74) is 2.07. The highest BCUT2D eigenvalue weighted by molar-refractivity contribution is 5.95. The highest BCUT2D eigenvalue weighted by Gasteiger charge is 2.57. The van der Waals surface area contributed by atoms with E-state index in [-0.39, 0.29) is 11.9 Å². The molecular formula is C18H24N2O. The number of fused-ring (bicyclic) bond motifs is 5. The second-order valence-electron chi connectivity index (χ2n) is 7.16. The van der Waals surface area contributed by atoms with E-state index in [9.17, 15) is 4.79 Å². The molecule has 0 aromatic heterocycles. The minimum absolute atomic E-state index is 0.00907. The van der Waals surface area contributed by atoms with Crippen LogP contribution in [0.15, 0.2) is 24.3 Å². The third-order valence-corrected chi connectivity index (χ3v) is 6.13. The predicted molar refractivity (Wildman–Crippen MR) is 84.1 cm³/mol. The van der Waals surface area contributed by atoms with Crippen molar-refractivity contribution in [3.63, 3.8) is 0 Å². The lowest BCUT2D eigenvalue weighted by molar-refractivity contribution is -0.129. The van der Waals surface area contributed by atoms with Gasteiger partial charge in [-0.1, -0.05) is 18.2 Å². The van der Waals surface area contributed by atoms with Gasteiger partial charge in [0.25, 0.3) is 0 Å². The SMILES string of the molecule is Cc1ccccc1NC(=O)C(C)N1CC2C3CCC(C3)C21. The molecule has 3 heteroatoms. The number of hydrogen-bond acceptors (Lipinski definition) is 2. The molecule has 1 aromatic carbocycles. The van der Waals surface area contributed by atoms with Crippen LogP contribution in [-0.4, -0.2) is 29.4 Å². The van der Waals surface area contributed by atoms with Crippen LogP contribution < -0.4 is 5.32 Å². The molecule has 3 aliphatic rings. The van der Waals surface area contributed by atoms with Crippen LogP contribution in [0, 0.1) is 24.7 Å².